The minimum Gasteiger partial charge on any atom is -0.371 e. The summed E-state index contributed by atoms with van der Waals surface area (Å²) >= 11 is 0. The normalized spacial score (nSPS) is 18.2. The Hall–Kier alpha value is -1.25. The first-order valence-electron chi connectivity index (χ1n) is 6.71. The maximum Gasteiger partial charge on any atom is 0.0692 e. The van der Waals surface area contributed by atoms with Crippen LogP contribution >= 0.6 is 0 Å². The van der Waals surface area contributed by atoms with Crippen molar-refractivity contribution in [1.82, 2.24) is 14.7 Å². The van der Waals surface area contributed by atoms with Gasteiger partial charge in [0, 0.05) is 37.0 Å². The van der Waals surface area contributed by atoms with E-state index in [2.05, 4.69) is 34.4 Å². The Morgan fingerprint density at radius 1 is 1.41 bits per heavy atom. The van der Waals surface area contributed by atoms with E-state index >= 15 is 0 Å². The molecule has 1 aliphatic carbocycles. The van der Waals surface area contributed by atoms with E-state index in [-0.39, 0.29) is 0 Å². The maximum atomic E-state index is 4.67. The van der Waals surface area contributed by atoms with Crippen LogP contribution in [-0.4, -0.2) is 21.2 Å². The van der Waals surface area contributed by atoms with Crippen LogP contribution in [0.2, 0.25) is 0 Å². The topological polar surface area (TPSA) is 21.1 Å². The molecule has 1 fully saturated rings. The molecule has 94 valence electrons. The van der Waals surface area contributed by atoms with Crippen LogP contribution in [0.15, 0.2) is 18.5 Å². The molecular weight excluding hydrogens is 210 g/mol. The van der Waals surface area contributed by atoms with Crippen molar-refractivity contribution in [3.63, 3.8) is 0 Å². The Morgan fingerprint density at radius 2 is 2.12 bits per heavy atom. The summed E-state index contributed by atoms with van der Waals surface area (Å²) in [5.74, 6) is 0. The Bertz CT molecular complexity index is 402. The number of fused-ring (bicyclic) bond motifs is 1. The molecule has 3 rings (SSSR count). The van der Waals surface area contributed by atoms with Gasteiger partial charge >= 0.3 is 0 Å². The minimum absolute atomic E-state index is 0.703. The van der Waals surface area contributed by atoms with Crippen LogP contribution in [0.1, 0.15) is 50.9 Å². The molecule has 2 aliphatic rings. The van der Waals surface area contributed by atoms with Gasteiger partial charge in [0.2, 0.25) is 0 Å². The minimum atomic E-state index is 0.703. The molecule has 1 saturated carbocycles. The van der Waals surface area contributed by atoms with Crippen LogP contribution in [0.4, 0.5) is 0 Å². The lowest BCUT2D eigenvalue weighted by atomic mass is 10.1. The second kappa shape index (κ2) is 4.94. The Labute approximate surface area is 104 Å². The molecule has 1 aromatic rings. The van der Waals surface area contributed by atoms with Gasteiger partial charge in [-0.1, -0.05) is 20.4 Å². The van der Waals surface area contributed by atoms with Gasteiger partial charge < -0.3 is 4.90 Å². The summed E-state index contributed by atoms with van der Waals surface area (Å²) in [6, 6.07) is 0.703. The van der Waals surface area contributed by atoms with Gasteiger partial charge in [-0.05, 0) is 19.8 Å². The van der Waals surface area contributed by atoms with E-state index in [1.165, 1.54) is 29.8 Å². The standard InChI is InChI=1S/C12H17N3.C2H6/c1-9(2)14-6-5-12-10(7-14)8-15(13-12)11-3-4-11;1-2/h8,11H,1,3-7H2,2H3;1-2H3. The van der Waals surface area contributed by atoms with Crippen molar-refractivity contribution in [3.05, 3.63) is 29.7 Å². The largest absolute Gasteiger partial charge is 0.371 e. The van der Waals surface area contributed by atoms with Crippen molar-refractivity contribution >= 4 is 0 Å². The quantitative estimate of drug-likeness (QED) is 0.782. The smallest absolute Gasteiger partial charge is 0.0692 e. The van der Waals surface area contributed by atoms with Crippen molar-refractivity contribution in [2.75, 3.05) is 6.54 Å². The van der Waals surface area contributed by atoms with Crippen molar-refractivity contribution < 1.29 is 0 Å². The zero-order valence-electron chi connectivity index (χ0n) is 11.2. The molecule has 0 saturated heterocycles. The number of hydrogen-bond donors (Lipinski definition) is 0. The van der Waals surface area contributed by atoms with Gasteiger partial charge in [-0.2, -0.15) is 5.10 Å². The van der Waals surface area contributed by atoms with Crippen molar-refractivity contribution in [2.45, 2.75) is 52.6 Å². The van der Waals surface area contributed by atoms with Crippen molar-refractivity contribution in [1.29, 1.82) is 0 Å². The fourth-order valence-corrected chi connectivity index (χ4v) is 2.19. The van der Waals surface area contributed by atoms with E-state index in [9.17, 15) is 0 Å². The molecule has 0 aromatic carbocycles. The van der Waals surface area contributed by atoms with Crippen LogP contribution < -0.4 is 0 Å². The van der Waals surface area contributed by atoms with E-state index in [1.54, 1.807) is 0 Å². The van der Waals surface area contributed by atoms with Crippen LogP contribution in [0.5, 0.6) is 0 Å². The van der Waals surface area contributed by atoms with Gasteiger partial charge in [-0.25, -0.2) is 0 Å². The molecule has 0 spiro atoms. The highest BCUT2D eigenvalue weighted by atomic mass is 15.3. The number of nitrogens with zero attached hydrogens (tertiary/aromatic N) is 3. The molecule has 2 heterocycles. The average Bonchev–Trinajstić information content (AvgIpc) is 3.10. The maximum absolute atomic E-state index is 4.67. The Morgan fingerprint density at radius 3 is 2.71 bits per heavy atom. The zero-order chi connectivity index (χ0) is 12.4. The number of rotatable bonds is 2. The summed E-state index contributed by atoms with van der Waals surface area (Å²) in [4.78, 5) is 2.33. The summed E-state index contributed by atoms with van der Waals surface area (Å²) in [6.07, 6.45) is 5.93. The number of hydrogen-bond acceptors (Lipinski definition) is 2. The van der Waals surface area contributed by atoms with Gasteiger partial charge in [0.05, 0.1) is 11.7 Å². The third-order valence-electron chi connectivity index (χ3n) is 3.34. The summed E-state index contributed by atoms with van der Waals surface area (Å²) < 4.78 is 2.17. The fourth-order valence-electron chi connectivity index (χ4n) is 2.19. The molecule has 0 radical (unpaired) electrons. The zero-order valence-corrected chi connectivity index (χ0v) is 11.2. The third-order valence-corrected chi connectivity index (χ3v) is 3.34. The van der Waals surface area contributed by atoms with Crippen LogP contribution in [0.3, 0.4) is 0 Å². The average molecular weight is 233 g/mol. The first kappa shape index (κ1) is 12.2. The highest BCUT2D eigenvalue weighted by Gasteiger charge is 2.27. The predicted molar refractivity (Wildman–Crippen MR) is 70.8 cm³/mol. The van der Waals surface area contributed by atoms with E-state index < -0.39 is 0 Å². The number of allylic oxidation sites excluding steroid dienone is 1. The van der Waals surface area contributed by atoms with Crippen molar-refractivity contribution in [2.24, 2.45) is 0 Å². The van der Waals surface area contributed by atoms with E-state index in [4.69, 9.17) is 0 Å². The molecule has 1 aliphatic heterocycles. The van der Waals surface area contributed by atoms with Gasteiger partial charge in [0.1, 0.15) is 0 Å². The molecule has 0 amide bonds. The summed E-state index contributed by atoms with van der Waals surface area (Å²) in [6.45, 7) is 12.2. The Kier molecular flexibility index (Phi) is 3.55. The lowest BCUT2D eigenvalue weighted by Crippen LogP contribution is -2.28. The van der Waals surface area contributed by atoms with Crippen molar-refractivity contribution in [3.8, 4) is 0 Å². The highest BCUT2D eigenvalue weighted by Crippen LogP contribution is 2.35. The fraction of sp³-hybridized carbons (Fsp3) is 0.643. The molecule has 0 unspecified atom stereocenters. The first-order chi connectivity index (χ1) is 8.24. The lowest BCUT2D eigenvalue weighted by molar-refractivity contribution is 0.323. The molecule has 1 aromatic heterocycles. The van der Waals surface area contributed by atoms with Crippen LogP contribution in [-0.2, 0) is 13.0 Å². The van der Waals surface area contributed by atoms with E-state index in [0.29, 0.717) is 6.04 Å². The second-order valence-corrected chi connectivity index (χ2v) is 4.72. The molecule has 3 heteroatoms. The summed E-state index contributed by atoms with van der Waals surface area (Å²) in [5.41, 5.74) is 3.87. The molecule has 0 N–H and O–H groups in total. The van der Waals surface area contributed by atoms with Gasteiger partial charge in [-0.3, -0.25) is 4.68 Å². The highest BCUT2D eigenvalue weighted by molar-refractivity contribution is 5.22. The van der Waals surface area contributed by atoms with E-state index in [0.717, 1.165) is 19.5 Å². The summed E-state index contributed by atoms with van der Waals surface area (Å²) in [5, 5.41) is 4.67. The SMILES string of the molecule is C=C(C)N1CCc2nn(C3CC3)cc2C1.CC. The lowest BCUT2D eigenvalue weighted by Gasteiger charge is -2.28. The first-order valence-corrected chi connectivity index (χ1v) is 6.71. The molecule has 3 nitrogen and oxygen atoms in total. The number of aromatic nitrogens is 2. The summed E-state index contributed by atoms with van der Waals surface area (Å²) in [7, 11) is 0. The van der Waals surface area contributed by atoms with E-state index in [1.807, 2.05) is 13.8 Å². The monoisotopic (exact) mass is 233 g/mol. The Balaban J connectivity index is 0.000000514. The molecule has 17 heavy (non-hydrogen) atoms. The van der Waals surface area contributed by atoms with Crippen LogP contribution in [0.25, 0.3) is 0 Å². The van der Waals surface area contributed by atoms with Crippen LogP contribution in [0, 0.1) is 0 Å². The third kappa shape index (κ3) is 2.54. The van der Waals surface area contributed by atoms with Gasteiger partial charge in [0.15, 0.2) is 0 Å². The molecule has 0 bridgehead atoms. The predicted octanol–water partition coefficient (Wildman–Crippen LogP) is 3.14. The second-order valence-electron chi connectivity index (χ2n) is 4.72. The van der Waals surface area contributed by atoms with Gasteiger partial charge in [-0.15, -0.1) is 0 Å². The van der Waals surface area contributed by atoms with Gasteiger partial charge in [0.25, 0.3) is 0 Å². The molecule has 0 atom stereocenters. The molecular formula is C14H23N3.